The molecule has 0 fully saturated rings. The van der Waals surface area contributed by atoms with Crippen molar-refractivity contribution >= 4 is 38.5 Å². The fraction of sp³-hybridized carbons (Fsp3) is 0.222. The number of methoxy groups -OCH3 is 2. The third-order valence-electron chi connectivity index (χ3n) is 1.98. The Labute approximate surface area is 110 Å². The van der Waals surface area contributed by atoms with Crippen molar-refractivity contribution < 1.29 is 19.2 Å². The molecule has 0 bridgehead atoms. The molecule has 0 amide bonds. The van der Waals surface area contributed by atoms with Crippen molar-refractivity contribution in [2.45, 2.75) is 0 Å². The molecule has 0 saturated heterocycles. The smallest absolute Gasteiger partial charge is 0.329 e. The van der Waals surface area contributed by atoms with Gasteiger partial charge in [0.05, 0.1) is 24.7 Å². The lowest BCUT2D eigenvalue weighted by Gasteiger charge is -2.10. The van der Waals surface area contributed by atoms with E-state index in [1.165, 1.54) is 20.3 Å². The van der Waals surface area contributed by atoms with Crippen molar-refractivity contribution in [1.82, 2.24) is 0 Å². The van der Waals surface area contributed by atoms with E-state index in [0.29, 0.717) is 0 Å². The molecule has 0 unspecified atom stereocenters. The van der Waals surface area contributed by atoms with Crippen LogP contribution in [0.4, 0.5) is 5.69 Å². The number of benzene rings is 1. The molecule has 0 atom stereocenters. The predicted octanol–water partition coefficient (Wildman–Crippen LogP) is 2.75. The lowest BCUT2D eigenvalue weighted by atomic mass is 10.2. The number of ether oxygens (including phenoxy) is 2. The first kappa shape index (κ1) is 13.7. The van der Waals surface area contributed by atoms with Crippen LogP contribution in [0, 0.1) is 10.1 Å². The number of carbonyl (C=O) groups excluding carboxylic acids is 1. The number of carbonyl (C=O) groups is 1. The summed E-state index contributed by atoms with van der Waals surface area (Å²) in [5.41, 5.74) is -0.466. The van der Waals surface area contributed by atoms with E-state index in [2.05, 4.69) is 15.9 Å². The summed E-state index contributed by atoms with van der Waals surface area (Å²) in [7, 11) is 2.57. The Hall–Kier alpha value is -1.34. The van der Waals surface area contributed by atoms with E-state index in [1.54, 1.807) is 0 Å². The first-order valence-corrected chi connectivity index (χ1v) is 5.39. The molecule has 0 spiro atoms. The second kappa shape index (κ2) is 5.33. The molecule has 0 aliphatic heterocycles. The SMILES string of the molecule is COc1cc(C(=O)Cl)c(Br)c([N+](=O)[O-])c1OC. The maximum absolute atomic E-state index is 11.1. The number of rotatable bonds is 4. The number of nitro groups is 1. The molecule has 0 aromatic heterocycles. The zero-order chi connectivity index (χ0) is 13.2. The van der Waals surface area contributed by atoms with Crippen LogP contribution in [-0.2, 0) is 0 Å². The third kappa shape index (κ3) is 2.50. The highest BCUT2D eigenvalue weighted by Gasteiger charge is 2.29. The van der Waals surface area contributed by atoms with Gasteiger partial charge in [0.1, 0.15) is 4.47 Å². The van der Waals surface area contributed by atoms with Gasteiger partial charge in [-0.2, -0.15) is 0 Å². The standard InChI is InChI=1S/C9H7BrClNO5/c1-16-5-3-4(9(11)13)6(10)7(12(14)15)8(5)17-2/h3H,1-2H3. The number of hydrogen-bond acceptors (Lipinski definition) is 5. The largest absolute Gasteiger partial charge is 0.493 e. The molecule has 0 aliphatic carbocycles. The van der Waals surface area contributed by atoms with E-state index in [-0.39, 0.29) is 21.5 Å². The Morgan fingerprint density at radius 3 is 2.41 bits per heavy atom. The van der Waals surface area contributed by atoms with Crippen molar-refractivity contribution in [2.75, 3.05) is 14.2 Å². The molecular weight excluding hydrogens is 317 g/mol. The Morgan fingerprint density at radius 1 is 1.47 bits per heavy atom. The average molecular weight is 325 g/mol. The Balaban J connectivity index is 3.69. The van der Waals surface area contributed by atoms with Gasteiger partial charge in [-0.3, -0.25) is 14.9 Å². The van der Waals surface area contributed by atoms with E-state index in [4.69, 9.17) is 21.1 Å². The summed E-state index contributed by atoms with van der Waals surface area (Å²) in [5, 5.41) is 10.1. The van der Waals surface area contributed by atoms with Gasteiger partial charge >= 0.3 is 5.69 Å². The van der Waals surface area contributed by atoms with Crippen LogP contribution in [0.1, 0.15) is 10.4 Å². The molecule has 0 N–H and O–H groups in total. The highest BCUT2D eigenvalue weighted by molar-refractivity contribution is 9.10. The van der Waals surface area contributed by atoms with Crippen LogP contribution in [-0.4, -0.2) is 24.4 Å². The Morgan fingerprint density at radius 2 is 2.06 bits per heavy atom. The summed E-state index contributed by atoms with van der Waals surface area (Å²) in [4.78, 5) is 21.4. The second-order valence-electron chi connectivity index (χ2n) is 2.85. The quantitative estimate of drug-likeness (QED) is 0.483. The summed E-state index contributed by atoms with van der Waals surface area (Å²) in [5.74, 6) is -0.0163. The highest BCUT2D eigenvalue weighted by atomic mass is 79.9. The van der Waals surface area contributed by atoms with E-state index in [1.807, 2.05) is 0 Å². The van der Waals surface area contributed by atoms with Gasteiger partial charge in [0, 0.05) is 0 Å². The molecule has 1 aromatic rings. The molecule has 0 heterocycles. The second-order valence-corrected chi connectivity index (χ2v) is 3.99. The fourth-order valence-corrected chi connectivity index (χ4v) is 2.14. The van der Waals surface area contributed by atoms with Crippen molar-refractivity contribution in [3.05, 3.63) is 26.2 Å². The Kier molecular flexibility index (Phi) is 4.30. The van der Waals surface area contributed by atoms with Crippen LogP contribution in [0.2, 0.25) is 0 Å². The molecule has 0 radical (unpaired) electrons. The van der Waals surface area contributed by atoms with E-state index in [0.717, 1.165) is 0 Å². The normalized spacial score (nSPS) is 9.88. The number of nitro benzene ring substituents is 1. The van der Waals surface area contributed by atoms with Gasteiger partial charge in [0.25, 0.3) is 5.24 Å². The third-order valence-corrected chi connectivity index (χ3v) is 2.98. The zero-order valence-electron chi connectivity index (χ0n) is 8.82. The molecular formula is C9H7BrClNO5. The maximum Gasteiger partial charge on any atom is 0.329 e. The van der Waals surface area contributed by atoms with Crippen LogP contribution in [0.25, 0.3) is 0 Å². The first-order chi connectivity index (χ1) is 7.93. The molecule has 1 aromatic carbocycles. The molecule has 8 heteroatoms. The number of hydrogen-bond donors (Lipinski definition) is 0. The van der Waals surface area contributed by atoms with Crippen molar-refractivity contribution in [3.63, 3.8) is 0 Å². The summed E-state index contributed by atoms with van der Waals surface area (Å²) >= 11 is 8.28. The van der Waals surface area contributed by atoms with E-state index >= 15 is 0 Å². The van der Waals surface area contributed by atoms with Crippen LogP contribution in [0.5, 0.6) is 11.5 Å². The van der Waals surface area contributed by atoms with Crippen LogP contribution in [0.3, 0.4) is 0 Å². The molecule has 17 heavy (non-hydrogen) atoms. The van der Waals surface area contributed by atoms with Crippen molar-refractivity contribution in [1.29, 1.82) is 0 Å². The van der Waals surface area contributed by atoms with Gasteiger partial charge in [0.15, 0.2) is 5.75 Å². The minimum Gasteiger partial charge on any atom is -0.493 e. The molecule has 1 rings (SSSR count). The Bertz CT molecular complexity index is 491. The lowest BCUT2D eigenvalue weighted by molar-refractivity contribution is -0.386. The summed E-state index contributed by atoms with van der Waals surface area (Å²) in [6, 6.07) is 1.27. The minimum atomic E-state index is -0.832. The van der Waals surface area contributed by atoms with Gasteiger partial charge in [-0.1, -0.05) is 0 Å². The van der Waals surface area contributed by atoms with Gasteiger partial charge < -0.3 is 9.47 Å². The lowest BCUT2D eigenvalue weighted by Crippen LogP contribution is -2.02. The van der Waals surface area contributed by atoms with Crippen molar-refractivity contribution in [2.24, 2.45) is 0 Å². The molecule has 92 valence electrons. The van der Waals surface area contributed by atoms with Gasteiger partial charge in [-0.05, 0) is 33.6 Å². The van der Waals surface area contributed by atoms with E-state index < -0.39 is 15.9 Å². The van der Waals surface area contributed by atoms with Gasteiger partial charge in [-0.15, -0.1) is 0 Å². The summed E-state index contributed by atoms with van der Waals surface area (Å²) < 4.78 is 9.76. The topological polar surface area (TPSA) is 78.7 Å². The first-order valence-electron chi connectivity index (χ1n) is 4.22. The fourth-order valence-electron chi connectivity index (χ4n) is 1.26. The number of halogens is 2. The highest BCUT2D eigenvalue weighted by Crippen LogP contribution is 2.44. The molecule has 6 nitrogen and oxygen atoms in total. The maximum atomic E-state index is 11.1. The van der Waals surface area contributed by atoms with E-state index in [9.17, 15) is 14.9 Å². The minimum absolute atomic E-state index is 0.0415. The number of nitrogens with zero attached hydrogens (tertiary/aromatic N) is 1. The van der Waals surface area contributed by atoms with Crippen LogP contribution >= 0.6 is 27.5 Å². The predicted molar refractivity (Wildman–Crippen MR) is 64.1 cm³/mol. The van der Waals surface area contributed by atoms with Gasteiger partial charge in [0.2, 0.25) is 5.75 Å². The van der Waals surface area contributed by atoms with Crippen molar-refractivity contribution in [3.8, 4) is 11.5 Å². The monoisotopic (exact) mass is 323 g/mol. The van der Waals surface area contributed by atoms with Crippen LogP contribution in [0.15, 0.2) is 10.5 Å². The summed E-state index contributed by atoms with van der Waals surface area (Å²) in [6.45, 7) is 0. The van der Waals surface area contributed by atoms with Gasteiger partial charge in [-0.25, -0.2) is 0 Å². The molecule has 0 saturated carbocycles. The summed E-state index contributed by atoms with van der Waals surface area (Å²) in [6.07, 6.45) is 0. The average Bonchev–Trinajstić information content (AvgIpc) is 2.26. The molecule has 0 aliphatic rings. The zero-order valence-corrected chi connectivity index (χ0v) is 11.2. The van der Waals surface area contributed by atoms with Crippen LogP contribution < -0.4 is 9.47 Å².